The number of aliphatic imine (C=N–C) groups is 1. The standard InChI is InChI=1S/C22H15ClN2O4S/c1-25-20(26)19(30-22(25)24-16-7-5-13(6-8-16)21(27)28)12-17-9-10-18(29-17)14-3-2-4-15(23)11-14/h2-12H,1H3,(H,27,28). The van der Waals surface area contributed by atoms with Crippen molar-refractivity contribution in [2.24, 2.45) is 4.99 Å². The Morgan fingerprint density at radius 3 is 2.63 bits per heavy atom. The highest BCUT2D eigenvalue weighted by molar-refractivity contribution is 8.18. The van der Waals surface area contributed by atoms with Crippen LogP contribution in [-0.4, -0.2) is 34.1 Å². The molecule has 150 valence electrons. The molecule has 0 unspecified atom stereocenters. The SMILES string of the molecule is CN1C(=O)C(=Cc2ccc(-c3cccc(Cl)c3)o2)SC1=Nc1ccc(C(=O)O)cc1. The molecule has 1 N–H and O–H groups in total. The summed E-state index contributed by atoms with van der Waals surface area (Å²) >= 11 is 7.26. The number of carboxylic acids is 1. The Bertz CT molecular complexity index is 1200. The van der Waals surface area contributed by atoms with Crippen molar-refractivity contribution in [3.63, 3.8) is 0 Å². The summed E-state index contributed by atoms with van der Waals surface area (Å²) in [6.45, 7) is 0. The minimum absolute atomic E-state index is 0.177. The van der Waals surface area contributed by atoms with Crippen LogP contribution in [0.25, 0.3) is 17.4 Å². The average Bonchev–Trinajstić information content (AvgIpc) is 3.29. The number of furan rings is 1. The molecule has 1 fully saturated rings. The minimum Gasteiger partial charge on any atom is -0.478 e. The van der Waals surface area contributed by atoms with E-state index in [0.717, 1.165) is 5.56 Å². The lowest BCUT2D eigenvalue weighted by Crippen LogP contribution is -2.23. The van der Waals surface area contributed by atoms with Gasteiger partial charge < -0.3 is 9.52 Å². The van der Waals surface area contributed by atoms with Gasteiger partial charge in [-0.1, -0.05) is 23.7 Å². The van der Waals surface area contributed by atoms with Gasteiger partial charge in [0.1, 0.15) is 11.5 Å². The van der Waals surface area contributed by atoms with Crippen LogP contribution >= 0.6 is 23.4 Å². The number of nitrogens with zero attached hydrogens (tertiary/aromatic N) is 2. The number of amidine groups is 1. The summed E-state index contributed by atoms with van der Waals surface area (Å²) in [6, 6.07) is 17.1. The van der Waals surface area contributed by atoms with Gasteiger partial charge in [-0.15, -0.1) is 0 Å². The zero-order valence-corrected chi connectivity index (χ0v) is 17.3. The third-order valence-corrected chi connectivity index (χ3v) is 5.65. The van der Waals surface area contributed by atoms with Crippen LogP contribution in [0.3, 0.4) is 0 Å². The van der Waals surface area contributed by atoms with E-state index in [2.05, 4.69) is 4.99 Å². The van der Waals surface area contributed by atoms with Gasteiger partial charge in [-0.25, -0.2) is 9.79 Å². The Morgan fingerprint density at radius 2 is 1.93 bits per heavy atom. The molecule has 3 aromatic rings. The number of carbonyl (C=O) groups excluding carboxylic acids is 1. The molecule has 0 atom stereocenters. The number of likely N-dealkylation sites (N-methyl/N-ethyl adjacent to an activating group) is 1. The van der Waals surface area contributed by atoms with Gasteiger partial charge in [0.15, 0.2) is 5.17 Å². The van der Waals surface area contributed by atoms with Crippen molar-refractivity contribution in [1.82, 2.24) is 4.90 Å². The van der Waals surface area contributed by atoms with Crippen LogP contribution in [0.5, 0.6) is 0 Å². The van der Waals surface area contributed by atoms with Crippen LogP contribution < -0.4 is 0 Å². The van der Waals surface area contributed by atoms with E-state index in [-0.39, 0.29) is 11.5 Å². The van der Waals surface area contributed by atoms with Crippen molar-refractivity contribution in [3.8, 4) is 11.3 Å². The number of hydrogen-bond donors (Lipinski definition) is 1. The molecule has 1 aromatic heterocycles. The van der Waals surface area contributed by atoms with Crippen LogP contribution in [0.1, 0.15) is 16.1 Å². The normalized spacial score (nSPS) is 16.6. The lowest BCUT2D eigenvalue weighted by atomic mass is 10.2. The fourth-order valence-electron chi connectivity index (χ4n) is 2.80. The highest BCUT2D eigenvalue weighted by atomic mass is 35.5. The molecular weight excluding hydrogens is 424 g/mol. The van der Waals surface area contributed by atoms with E-state index < -0.39 is 5.97 Å². The summed E-state index contributed by atoms with van der Waals surface area (Å²) in [5.41, 5.74) is 1.59. The largest absolute Gasteiger partial charge is 0.478 e. The lowest BCUT2D eigenvalue weighted by molar-refractivity contribution is -0.121. The van der Waals surface area contributed by atoms with Crippen molar-refractivity contribution >= 4 is 52.2 Å². The second kappa shape index (κ2) is 8.22. The minimum atomic E-state index is -1.00. The van der Waals surface area contributed by atoms with Crippen molar-refractivity contribution in [2.45, 2.75) is 0 Å². The van der Waals surface area contributed by atoms with Gasteiger partial charge in [-0.2, -0.15) is 0 Å². The molecule has 8 heteroatoms. The van der Waals surface area contributed by atoms with E-state index in [9.17, 15) is 9.59 Å². The van der Waals surface area contributed by atoms with Crippen molar-refractivity contribution < 1.29 is 19.1 Å². The number of halogens is 1. The molecule has 1 saturated heterocycles. The van der Waals surface area contributed by atoms with Crippen LogP contribution in [0.2, 0.25) is 5.02 Å². The molecule has 2 aromatic carbocycles. The summed E-state index contributed by atoms with van der Waals surface area (Å²) < 4.78 is 5.84. The second-order valence-corrected chi connectivity index (χ2v) is 7.88. The van der Waals surface area contributed by atoms with Gasteiger partial charge in [-0.3, -0.25) is 9.69 Å². The quantitative estimate of drug-likeness (QED) is 0.541. The monoisotopic (exact) mass is 438 g/mol. The first-order chi connectivity index (χ1) is 14.4. The summed E-state index contributed by atoms with van der Waals surface area (Å²) in [7, 11) is 1.64. The maximum absolute atomic E-state index is 12.6. The van der Waals surface area contributed by atoms with E-state index in [1.807, 2.05) is 18.2 Å². The van der Waals surface area contributed by atoms with Gasteiger partial charge in [0.25, 0.3) is 5.91 Å². The Kier molecular flexibility index (Phi) is 5.48. The van der Waals surface area contributed by atoms with Crippen molar-refractivity contribution in [3.05, 3.63) is 81.9 Å². The lowest BCUT2D eigenvalue weighted by Gasteiger charge is -2.07. The Labute approximate surface area is 181 Å². The molecule has 4 rings (SSSR count). The van der Waals surface area contributed by atoms with Crippen molar-refractivity contribution in [1.29, 1.82) is 0 Å². The summed E-state index contributed by atoms with van der Waals surface area (Å²) in [6.07, 6.45) is 1.67. The van der Waals surface area contributed by atoms with Crippen LogP contribution in [0.15, 0.2) is 75.0 Å². The van der Waals surface area contributed by atoms with Gasteiger partial charge in [0.05, 0.1) is 16.2 Å². The van der Waals surface area contributed by atoms with Gasteiger partial charge in [0.2, 0.25) is 0 Å². The molecule has 6 nitrogen and oxygen atoms in total. The molecular formula is C22H15ClN2O4S. The van der Waals surface area contributed by atoms with Gasteiger partial charge >= 0.3 is 5.97 Å². The highest BCUT2D eigenvalue weighted by Crippen LogP contribution is 2.34. The number of carbonyl (C=O) groups is 2. The Balaban J connectivity index is 1.56. The topological polar surface area (TPSA) is 83.1 Å². The third kappa shape index (κ3) is 4.17. The average molecular weight is 439 g/mol. The fraction of sp³-hybridized carbons (Fsp3) is 0.0455. The van der Waals surface area contributed by atoms with E-state index in [1.54, 1.807) is 43.5 Å². The summed E-state index contributed by atoms with van der Waals surface area (Å²) in [4.78, 5) is 29.9. The predicted octanol–water partition coefficient (Wildman–Crippen LogP) is 5.53. The van der Waals surface area contributed by atoms with Gasteiger partial charge in [-0.05, 0) is 60.3 Å². The molecule has 1 amide bonds. The zero-order valence-electron chi connectivity index (χ0n) is 15.7. The Hall–Kier alpha value is -3.29. The molecule has 0 bridgehead atoms. The van der Waals surface area contributed by atoms with E-state index in [0.29, 0.717) is 32.3 Å². The van der Waals surface area contributed by atoms with Gasteiger partial charge in [0, 0.05) is 23.7 Å². The first kappa shape index (κ1) is 20.0. The number of aromatic carboxylic acids is 1. The summed E-state index contributed by atoms with van der Waals surface area (Å²) in [5.74, 6) is 0.000936. The predicted molar refractivity (Wildman–Crippen MR) is 118 cm³/mol. The smallest absolute Gasteiger partial charge is 0.335 e. The first-order valence-electron chi connectivity index (χ1n) is 8.86. The van der Waals surface area contributed by atoms with E-state index >= 15 is 0 Å². The number of rotatable bonds is 4. The molecule has 1 aliphatic heterocycles. The maximum Gasteiger partial charge on any atom is 0.335 e. The Morgan fingerprint density at radius 1 is 1.17 bits per heavy atom. The second-order valence-electron chi connectivity index (χ2n) is 6.43. The molecule has 0 aliphatic carbocycles. The molecule has 0 radical (unpaired) electrons. The van der Waals surface area contributed by atoms with Crippen LogP contribution in [-0.2, 0) is 4.79 Å². The number of amides is 1. The maximum atomic E-state index is 12.6. The van der Waals surface area contributed by atoms with E-state index in [4.69, 9.17) is 21.1 Å². The van der Waals surface area contributed by atoms with Crippen molar-refractivity contribution in [2.75, 3.05) is 7.05 Å². The zero-order chi connectivity index (χ0) is 21.3. The molecule has 0 spiro atoms. The molecule has 0 saturated carbocycles. The van der Waals surface area contributed by atoms with Crippen LogP contribution in [0, 0.1) is 0 Å². The highest BCUT2D eigenvalue weighted by Gasteiger charge is 2.30. The number of hydrogen-bond acceptors (Lipinski definition) is 5. The first-order valence-corrected chi connectivity index (χ1v) is 10.1. The molecule has 30 heavy (non-hydrogen) atoms. The number of benzene rings is 2. The molecule has 2 heterocycles. The number of thioether (sulfide) groups is 1. The fourth-order valence-corrected chi connectivity index (χ4v) is 3.95. The summed E-state index contributed by atoms with van der Waals surface area (Å²) in [5, 5.41) is 10.1. The van der Waals surface area contributed by atoms with E-state index in [1.165, 1.54) is 28.8 Å². The number of carboxylic acid groups (broad SMARTS) is 1. The van der Waals surface area contributed by atoms with Crippen LogP contribution in [0.4, 0.5) is 5.69 Å². The molecule has 1 aliphatic rings. The third-order valence-electron chi connectivity index (χ3n) is 4.35.